The summed E-state index contributed by atoms with van der Waals surface area (Å²) < 4.78 is 0. The van der Waals surface area contributed by atoms with Gasteiger partial charge in [-0.1, -0.05) is 30.2 Å². The molecule has 0 bridgehead atoms. The second kappa shape index (κ2) is 11.6. The number of nitrogens with one attached hydrogen (secondary N) is 2. The lowest BCUT2D eigenvalue weighted by molar-refractivity contribution is -0.117. The summed E-state index contributed by atoms with van der Waals surface area (Å²) in [5, 5.41) is 8.07. The van der Waals surface area contributed by atoms with Gasteiger partial charge in [0.25, 0.3) is 0 Å². The Morgan fingerprint density at radius 3 is 2.68 bits per heavy atom. The molecule has 1 aromatic heterocycles. The zero-order valence-electron chi connectivity index (χ0n) is 20.0. The molecule has 1 saturated heterocycles. The highest BCUT2D eigenvalue weighted by Crippen LogP contribution is 2.31. The van der Waals surface area contributed by atoms with Crippen LogP contribution >= 0.6 is 11.6 Å². The second-order valence-corrected chi connectivity index (χ2v) is 9.51. The maximum absolute atomic E-state index is 12.8. The van der Waals surface area contributed by atoms with Crippen molar-refractivity contribution < 1.29 is 4.79 Å². The van der Waals surface area contributed by atoms with Gasteiger partial charge in [-0.15, -0.1) is 0 Å². The molecule has 1 aliphatic heterocycles. The highest BCUT2D eigenvalue weighted by Gasteiger charge is 2.17. The molecule has 0 saturated carbocycles. The van der Waals surface area contributed by atoms with Gasteiger partial charge in [0.05, 0.1) is 17.7 Å². The Balaban J connectivity index is 1.61. The van der Waals surface area contributed by atoms with Crippen molar-refractivity contribution >= 4 is 39.9 Å². The van der Waals surface area contributed by atoms with Crippen LogP contribution in [0.2, 0.25) is 5.02 Å². The number of aromatic nitrogens is 2. The lowest BCUT2D eigenvalue weighted by atomic mass is 10.1. The predicted molar refractivity (Wildman–Crippen MR) is 141 cm³/mol. The minimum absolute atomic E-state index is 0.0479. The Morgan fingerprint density at radius 1 is 1.09 bits per heavy atom. The molecule has 2 N–H and O–H groups in total. The van der Waals surface area contributed by atoms with Crippen molar-refractivity contribution in [2.24, 2.45) is 0 Å². The van der Waals surface area contributed by atoms with E-state index in [-0.39, 0.29) is 5.91 Å². The smallest absolute Gasteiger partial charge is 0.238 e. The molecular formula is C26H33ClN6O. The maximum Gasteiger partial charge on any atom is 0.238 e. The van der Waals surface area contributed by atoms with Gasteiger partial charge in [-0.2, -0.15) is 0 Å². The van der Waals surface area contributed by atoms with Crippen molar-refractivity contribution in [3.8, 4) is 11.4 Å². The number of likely N-dealkylation sites (tertiary alicyclic amines) is 1. The van der Waals surface area contributed by atoms with Gasteiger partial charge in [-0.25, -0.2) is 9.97 Å². The molecule has 2 heterocycles. The number of amides is 1. The Bertz CT molecular complexity index is 1130. The fraction of sp³-hybridized carbons (Fsp3) is 0.423. The largest absolute Gasteiger partial charge is 0.369 e. The highest BCUT2D eigenvalue weighted by atomic mass is 35.5. The number of fused-ring (bicyclic) bond motifs is 1. The molecule has 1 amide bonds. The second-order valence-electron chi connectivity index (χ2n) is 9.07. The van der Waals surface area contributed by atoms with Gasteiger partial charge in [0.2, 0.25) is 5.91 Å². The molecule has 0 atom stereocenters. The minimum Gasteiger partial charge on any atom is -0.369 e. The van der Waals surface area contributed by atoms with Crippen molar-refractivity contribution in [3.05, 3.63) is 47.5 Å². The summed E-state index contributed by atoms with van der Waals surface area (Å²) in [6, 6.07) is 13.4. The van der Waals surface area contributed by atoms with Gasteiger partial charge in [0.1, 0.15) is 5.82 Å². The van der Waals surface area contributed by atoms with Crippen LogP contribution < -0.4 is 10.6 Å². The van der Waals surface area contributed by atoms with E-state index >= 15 is 0 Å². The van der Waals surface area contributed by atoms with E-state index in [4.69, 9.17) is 21.6 Å². The summed E-state index contributed by atoms with van der Waals surface area (Å²) in [6.07, 6.45) is 4.52. The van der Waals surface area contributed by atoms with Crippen LogP contribution in [0, 0.1) is 0 Å². The first kappa shape index (κ1) is 24.4. The van der Waals surface area contributed by atoms with Crippen LogP contribution in [-0.4, -0.2) is 72.5 Å². The van der Waals surface area contributed by atoms with E-state index in [1.807, 2.05) is 30.3 Å². The van der Waals surface area contributed by atoms with E-state index in [0.717, 1.165) is 67.7 Å². The summed E-state index contributed by atoms with van der Waals surface area (Å²) in [7, 11) is 4.14. The van der Waals surface area contributed by atoms with Crippen LogP contribution in [0.3, 0.4) is 0 Å². The number of carbonyl (C=O) groups is 1. The predicted octanol–water partition coefficient (Wildman–Crippen LogP) is 4.74. The molecule has 4 rings (SSSR count). The van der Waals surface area contributed by atoms with E-state index in [1.165, 1.54) is 6.42 Å². The Labute approximate surface area is 206 Å². The topological polar surface area (TPSA) is 73.4 Å². The number of hydrogen-bond donors (Lipinski definition) is 2. The number of benzene rings is 2. The molecule has 34 heavy (non-hydrogen) atoms. The zero-order chi connectivity index (χ0) is 23.9. The zero-order valence-corrected chi connectivity index (χ0v) is 20.7. The summed E-state index contributed by atoms with van der Waals surface area (Å²) in [4.78, 5) is 26.9. The fourth-order valence-corrected chi connectivity index (χ4v) is 4.43. The third-order valence-corrected chi connectivity index (χ3v) is 6.23. The van der Waals surface area contributed by atoms with Crippen LogP contribution in [0.4, 0.5) is 11.5 Å². The molecule has 180 valence electrons. The highest BCUT2D eigenvalue weighted by molar-refractivity contribution is 6.31. The van der Waals surface area contributed by atoms with Crippen molar-refractivity contribution in [2.75, 3.05) is 57.5 Å². The molecule has 1 fully saturated rings. The third kappa shape index (κ3) is 6.44. The average molecular weight is 481 g/mol. The summed E-state index contributed by atoms with van der Waals surface area (Å²) in [6.45, 7) is 4.11. The minimum atomic E-state index is -0.0479. The molecule has 0 spiro atoms. The Morgan fingerprint density at radius 2 is 1.88 bits per heavy atom. The van der Waals surface area contributed by atoms with Crippen LogP contribution in [-0.2, 0) is 4.79 Å². The van der Waals surface area contributed by atoms with Crippen LogP contribution in [0.5, 0.6) is 0 Å². The number of para-hydroxylation sites is 1. The van der Waals surface area contributed by atoms with Crippen molar-refractivity contribution in [3.63, 3.8) is 0 Å². The van der Waals surface area contributed by atoms with Gasteiger partial charge >= 0.3 is 0 Å². The molecule has 2 aromatic carbocycles. The van der Waals surface area contributed by atoms with Crippen molar-refractivity contribution in [2.45, 2.75) is 25.7 Å². The number of nitrogens with zero attached hydrogens (tertiary/aromatic N) is 4. The maximum atomic E-state index is 12.8. The molecular weight excluding hydrogens is 448 g/mol. The Hall–Kier alpha value is -2.74. The molecule has 3 aromatic rings. The van der Waals surface area contributed by atoms with Crippen LogP contribution in [0.1, 0.15) is 25.7 Å². The number of halogens is 1. The van der Waals surface area contributed by atoms with Crippen molar-refractivity contribution in [1.82, 2.24) is 19.8 Å². The molecule has 7 nitrogen and oxygen atoms in total. The number of rotatable bonds is 9. The molecule has 0 radical (unpaired) electrons. The van der Waals surface area contributed by atoms with E-state index in [1.54, 1.807) is 12.1 Å². The summed E-state index contributed by atoms with van der Waals surface area (Å²) in [5.74, 6) is 1.30. The lowest BCUT2D eigenvalue weighted by Gasteiger charge is -2.25. The van der Waals surface area contributed by atoms with Gasteiger partial charge in [0, 0.05) is 22.5 Å². The number of carbonyl (C=O) groups excluding carboxylic acids is 1. The fourth-order valence-electron chi connectivity index (χ4n) is 4.26. The third-order valence-electron chi connectivity index (χ3n) is 5.99. The first-order valence-corrected chi connectivity index (χ1v) is 12.3. The summed E-state index contributed by atoms with van der Waals surface area (Å²) in [5.41, 5.74) is 2.23. The molecule has 0 aliphatic carbocycles. The first-order chi connectivity index (χ1) is 16.5. The van der Waals surface area contributed by atoms with Crippen LogP contribution in [0.25, 0.3) is 22.3 Å². The van der Waals surface area contributed by atoms with E-state index in [2.05, 4.69) is 34.5 Å². The summed E-state index contributed by atoms with van der Waals surface area (Å²) >= 11 is 6.30. The quantitative estimate of drug-likeness (QED) is 0.431. The first-order valence-electron chi connectivity index (χ1n) is 12.0. The standard InChI is InChI=1S/C26H33ClN6O/c1-32(2)14-8-13-28-25-20-9-4-5-10-22(20)30-26(31-25)21-12-11-19(27)17-23(21)29-24(34)18-33-15-6-3-7-16-33/h4-5,9-12,17H,3,6-8,13-16,18H2,1-2H3,(H,29,34)(H,28,30,31). The van der Waals surface area contributed by atoms with Crippen molar-refractivity contribution in [1.29, 1.82) is 0 Å². The Kier molecular flexibility index (Phi) is 8.32. The van der Waals surface area contributed by atoms with Gasteiger partial charge in [-0.3, -0.25) is 9.69 Å². The van der Waals surface area contributed by atoms with E-state index < -0.39 is 0 Å². The van der Waals surface area contributed by atoms with E-state index in [9.17, 15) is 4.79 Å². The van der Waals surface area contributed by atoms with Gasteiger partial charge in [0.15, 0.2) is 5.82 Å². The number of piperidine rings is 1. The van der Waals surface area contributed by atoms with E-state index in [0.29, 0.717) is 23.1 Å². The molecule has 1 aliphatic rings. The SMILES string of the molecule is CN(C)CCCNc1nc(-c2ccc(Cl)cc2NC(=O)CN2CCCCC2)nc2ccccc12. The van der Waals surface area contributed by atoms with Gasteiger partial charge < -0.3 is 15.5 Å². The average Bonchev–Trinajstić information content (AvgIpc) is 2.82. The molecule has 8 heteroatoms. The monoisotopic (exact) mass is 480 g/mol. The lowest BCUT2D eigenvalue weighted by Crippen LogP contribution is -2.36. The van der Waals surface area contributed by atoms with Gasteiger partial charge in [-0.05, 0) is 83.3 Å². The number of anilines is 2. The number of hydrogen-bond acceptors (Lipinski definition) is 6. The van der Waals surface area contributed by atoms with Crippen LogP contribution in [0.15, 0.2) is 42.5 Å². The normalized spacial score (nSPS) is 14.5. The molecule has 0 unspecified atom stereocenters.